The van der Waals surface area contributed by atoms with Crippen molar-refractivity contribution in [3.8, 4) is 0 Å². The number of carboxylic acid groups (broad SMARTS) is 1. The van der Waals surface area contributed by atoms with Crippen LogP contribution in [0.1, 0.15) is 44.2 Å². The molecule has 1 unspecified atom stereocenters. The van der Waals surface area contributed by atoms with Crippen molar-refractivity contribution in [1.29, 1.82) is 0 Å². The van der Waals surface area contributed by atoms with Gasteiger partial charge in [0.05, 0.1) is 0 Å². The molecule has 2 N–H and O–H groups in total. The van der Waals surface area contributed by atoms with Gasteiger partial charge in [0, 0.05) is 12.1 Å². The van der Waals surface area contributed by atoms with Crippen molar-refractivity contribution in [2.45, 2.75) is 39.7 Å². The Balaban J connectivity index is 2.62. The third-order valence-electron chi connectivity index (χ3n) is 2.94. The molecule has 0 amide bonds. The molecule has 1 aromatic heterocycles. The van der Waals surface area contributed by atoms with Crippen molar-refractivity contribution in [2.24, 2.45) is 5.92 Å². The smallest absolute Gasteiger partial charge is 0.371 e. The van der Waals surface area contributed by atoms with Crippen LogP contribution in [0.4, 0.5) is 5.88 Å². The van der Waals surface area contributed by atoms with E-state index in [2.05, 4.69) is 26.1 Å². The Bertz CT molecular complexity index is 342. The molecule has 0 aliphatic carbocycles. The van der Waals surface area contributed by atoms with E-state index in [1.807, 2.05) is 0 Å². The lowest BCUT2D eigenvalue weighted by atomic mass is 9.96. The minimum atomic E-state index is -1.04. The Morgan fingerprint density at radius 1 is 1.44 bits per heavy atom. The second-order valence-electron chi connectivity index (χ2n) is 3.98. The molecule has 1 heterocycles. The maximum atomic E-state index is 10.6. The van der Waals surface area contributed by atoms with Crippen molar-refractivity contribution < 1.29 is 14.3 Å². The first kappa shape index (κ1) is 12.6. The van der Waals surface area contributed by atoms with Crippen LogP contribution in [0.2, 0.25) is 0 Å². The van der Waals surface area contributed by atoms with Crippen molar-refractivity contribution >= 4 is 11.9 Å². The molecule has 0 aliphatic heterocycles. The highest BCUT2D eigenvalue weighted by atomic mass is 16.4. The van der Waals surface area contributed by atoms with Crippen LogP contribution in [0.25, 0.3) is 0 Å². The largest absolute Gasteiger partial charge is 0.475 e. The monoisotopic (exact) mass is 225 g/mol. The fourth-order valence-electron chi connectivity index (χ4n) is 1.87. The Kier molecular flexibility index (Phi) is 4.40. The summed E-state index contributed by atoms with van der Waals surface area (Å²) in [5, 5.41) is 11.9. The Labute approximate surface area is 95.7 Å². The third-order valence-corrected chi connectivity index (χ3v) is 2.94. The molecule has 4 heteroatoms. The molecule has 4 nitrogen and oxygen atoms in total. The molecule has 1 aromatic rings. The topological polar surface area (TPSA) is 62.5 Å². The maximum Gasteiger partial charge on any atom is 0.371 e. The third kappa shape index (κ3) is 3.02. The van der Waals surface area contributed by atoms with Crippen LogP contribution in [0.5, 0.6) is 0 Å². The van der Waals surface area contributed by atoms with Crippen LogP contribution in [0, 0.1) is 5.92 Å². The van der Waals surface area contributed by atoms with E-state index in [4.69, 9.17) is 9.52 Å². The lowest BCUT2D eigenvalue weighted by Crippen LogP contribution is -2.24. The zero-order chi connectivity index (χ0) is 12.1. The summed E-state index contributed by atoms with van der Waals surface area (Å²) in [7, 11) is 0. The zero-order valence-corrected chi connectivity index (χ0v) is 9.99. The molecule has 0 bridgehead atoms. The number of hydrogen-bond donors (Lipinski definition) is 2. The van der Waals surface area contributed by atoms with E-state index in [9.17, 15) is 4.79 Å². The Morgan fingerprint density at radius 2 is 2.06 bits per heavy atom. The minimum Gasteiger partial charge on any atom is -0.475 e. The van der Waals surface area contributed by atoms with E-state index >= 15 is 0 Å². The van der Waals surface area contributed by atoms with Gasteiger partial charge in [0.15, 0.2) is 5.88 Å². The maximum absolute atomic E-state index is 10.6. The molecule has 1 rings (SSSR count). The van der Waals surface area contributed by atoms with Crippen molar-refractivity contribution in [3.05, 3.63) is 17.9 Å². The molecule has 16 heavy (non-hydrogen) atoms. The summed E-state index contributed by atoms with van der Waals surface area (Å²) in [6, 6.07) is 3.40. The summed E-state index contributed by atoms with van der Waals surface area (Å²) in [6.07, 6.45) is 2.19. The van der Waals surface area contributed by atoms with Gasteiger partial charge in [-0.15, -0.1) is 0 Å². The van der Waals surface area contributed by atoms with Crippen LogP contribution >= 0.6 is 0 Å². The van der Waals surface area contributed by atoms with Crippen molar-refractivity contribution in [2.75, 3.05) is 5.32 Å². The van der Waals surface area contributed by atoms with Crippen LogP contribution in [0.3, 0.4) is 0 Å². The molecule has 0 aromatic carbocycles. The minimum absolute atomic E-state index is 0.0285. The number of carbonyl (C=O) groups is 1. The second-order valence-corrected chi connectivity index (χ2v) is 3.98. The summed E-state index contributed by atoms with van der Waals surface area (Å²) < 4.78 is 5.14. The van der Waals surface area contributed by atoms with Gasteiger partial charge >= 0.3 is 5.97 Å². The van der Waals surface area contributed by atoms with Crippen molar-refractivity contribution in [1.82, 2.24) is 0 Å². The van der Waals surface area contributed by atoms with E-state index in [-0.39, 0.29) is 11.8 Å². The van der Waals surface area contributed by atoms with Gasteiger partial charge in [-0.05, 0) is 18.9 Å². The predicted molar refractivity (Wildman–Crippen MR) is 62.8 cm³/mol. The highest BCUT2D eigenvalue weighted by Crippen LogP contribution is 2.20. The van der Waals surface area contributed by atoms with E-state index < -0.39 is 5.97 Å². The van der Waals surface area contributed by atoms with E-state index in [1.165, 1.54) is 6.07 Å². The average molecular weight is 225 g/mol. The first-order valence-corrected chi connectivity index (χ1v) is 5.68. The molecule has 0 fully saturated rings. The van der Waals surface area contributed by atoms with E-state index in [0.717, 1.165) is 12.8 Å². The highest BCUT2D eigenvalue weighted by Gasteiger charge is 2.15. The number of anilines is 1. The first-order valence-electron chi connectivity index (χ1n) is 5.68. The fourth-order valence-corrected chi connectivity index (χ4v) is 1.87. The normalized spacial score (nSPS) is 12.8. The molecule has 0 spiro atoms. The summed E-state index contributed by atoms with van der Waals surface area (Å²) in [5.41, 5.74) is 0. The number of aromatic carboxylic acids is 1. The standard InChI is InChI=1S/C12H19NO3/c1-4-9(5-2)8(3)13-11-7-6-10(16-11)12(14)15/h6-9,13H,4-5H2,1-3H3,(H,14,15). The van der Waals surface area contributed by atoms with Gasteiger partial charge in [0.25, 0.3) is 0 Å². The summed E-state index contributed by atoms with van der Waals surface area (Å²) in [6.45, 7) is 6.38. The fraction of sp³-hybridized carbons (Fsp3) is 0.583. The molecule has 0 radical (unpaired) electrons. The number of rotatable bonds is 6. The Hall–Kier alpha value is -1.45. The van der Waals surface area contributed by atoms with E-state index in [0.29, 0.717) is 11.8 Å². The highest BCUT2D eigenvalue weighted by molar-refractivity contribution is 5.84. The lowest BCUT2D eigenvalue weighted by Gasteiger charge is -2.21. The summed E-state index contributed by atoms with van der Waals surface area (Å²) >= 11 is 0. The SMILES string of the molecule is CCC(CC)C(C)Nc1ccc(C(=O)O)o1. The molecule has 1 atom stereocenters. The van der Waals surface area contributed by atoms with Gasteiger partial charge in [0.2, 0.25) is 5.76 Å². The van der Waals surface area contributed by atoms with Gasteiger partial charge in [0.1, 0.15) is 0 Å². The van der Waals surface area contributed by atoms with Gasteiger partial charge in [-0.1, -0.05) is 26.7 Å². The number of hydrogen-bond acceptors (Lipinski definition) is 3. The molecule has 0 saturated heterocycles. The molecule has 0 aliphatic rings. The van der Waals surface area contributed by atoms with Crippen LogP contribution in [0.15, 0.2) is 16.5 Å². The first-order chi connectivity index (χ1) is 7.58. The van der Waals surface area contributed by atoms with Crippen LogP contribution in [-0.2, 0) is 0 Å². The number of carboxylic acids is 1. The van der Waals surface area contributed by atoms with E-state index in [1.54, 1.807) is 6.07 Å². The predicted octanol–water partition coefficient (Wildman–Crippen LogP) is 3.21. The zero-order valence-electron chi connectivity index (χ0n) is 9.99. The van der Waals surface area contributed by atoms with Crippen LogP contribution < -0.4 is 5.32 Å². The number of nitrogens with one attached hydrogen (secondary N) is 1. The van der Waals surface area contributed by atoms with Crippen LogP contribution in [-0.4, -0.2) is 17.1 Å². The molecule has 0 saturated carbocycles. The van der Waals surface area contributed by atoms with Gasteiger partial charge in [-0.2, -0.15) is 0 Å². The summed E-state index contributed by atoms with van der Waals surface area (Å²) in [5.74, 6) is 0.0256. The Morgan fingerprint density at radius 3 is 2.50 bits per heavy atom. The second kappa shape index (κ2) is 5.58. The van der Waals surface area contributed by atoms with Gasteiger partial charge in [-0.3, -0.25) is 0 Å². The quantitative estimate of drug-likeness (QED) is 0.780. The number of furan rings is 1. The summed E-state index contributed by atoms with van der Waals surface area (Å²) in [4.78, 5) is 10.6. The molecular weight excluding hydrogens is 206 g/mol. The van der Waals surface area contributed by atoms with Crippen molar-refractivity contribution in [3.63, 3.8) is 0 Å². The lowest BCUT2D eigenvalue weighted by molar-refractivity contribution is 0.0663. The van der Waals surface area contributed by atoms with Gasteiger partial charge in [-0.25, -0.2) is 4.79 Å². The molecular formula is C12H19NO3. The molecule has 90 valence electrons. The van der Waals surface area contributed by atoms with Gasteiger partial charge < -0.3 is 14.8 Å². The average Bonchev–Trinajstić information content (AvgIpc) is 2.68.